The van der Waals surface area contributed by atoms with E-state index in [4.69, 9.17) is 4.74 Å². The predicted octanol–water partition coefficient (Wildman–Crippen LogP) is 3.05. The molecule has 4 rings (SSSR count). The Balaban J connectivity index is 1.53. The molecule has 2 heterocycles. The summed E-state index contributed by atoms with van der Waals surface area (Å²) in [6.07, 6.45) is 6.45. The molecule has 4 N–H and O–H groups in total. The van der Waals surface area contributed by atoms with E-state index < -0.39 is 63.2 Å². The molecule has 1 aliphatic carbocycles. The fourth-order valence-corrected chi connectivity index (χ4v) is 6.44. The number of aryl methyl sites for hydroxylation is 1. The van der Waals surface area contributed by atoms with Crippen molar-refractivity contribution in [2.24, 2.45) is 5.92 Å². The average molecular weight is 618 g/mol. The third-order valence-electron chi connectivity index (χ3n) is 7.84. The van der Waals surface area contributed by atoms with Crippen molar-refractivity contribution in [3.05, 3.63) is 42.0 Å². The molecule has 4 amide bonds. The molecule has 236 valence electrons. The summed E-state index contributed by atoms with van der Waals surface area (Å²) in [7, 11) is -4.29. The van der Waals surface area contributed by atoms with Crippen molar-refractivity contribution in [3.8, 4) is 0 Å². The largest absolute Gasteiger partial charge is 0.436 e. The maximum atomic E-state index is 13.7. The second kappa shape index (κ2) is 12.9. The van der Waals surface area contributed by atoms with E-state index in [0.29, 0.717) is 38.6 Å². The number of alkyl carbamates (subject to hydrolysis) is 1. The van der Waals surface area contributed by atoms with Crippen LogP contribution in [0.2, 0.25) is 0 Å². The van der Waals surface area contributed by atoms with Crippen LogP contribution in [0, 0.1) is 12.8 Å². The lowest BCUT2D eigenvalue weighted by atomic mass is 10.1. The molecule has 1 aromatic carbocycles. The topological polar surface area (TPSA) is 163 Å². The maximum absolute atomic E-state index is 13.7. The second-order valence-electron chi connectivity index (χ2n) is 12.7. The van der Waals surface area contributed by atoms with Gasteiger partial charge in [0.2, 0.25) is 5.91 Å². The highest BCUT2D eigenvalue weighted by molar-refractivity contribution is 7.91. The molecule has 0 spiro atoms. The summed E-state index contributed by atoms with van der Waals surface area (Å²) < 4.78 is 35.7. The molecule has 0 bridgehead atoms. The van der Waals surface area contributed by atoms with Crippen molar-refractivity contribution in [1.29, 1.82) is 0 Å². The monoisotopic (exact) mass is 617 g/mol. The normalized spacial score (nSPS) is 26.6. The second-order valence-corrected chi connectivity index (χ2v) is 14.1. The first-order chi connectivity index (χ1) is 20.2. The Morgan fingerprint density at radius 1 is 1.05 bits per heavy atom. The number of ether oxygens (including phenoxy) is 1. The Morgan fingerprint density at radius 3 is 2.47 bits per heavy atom. The maximum Gasteiger partial charge on any atom is 0.408 e. The highest BCUT2D eigenvalue weighted by Crippen LogP contribution is 2.45. The van der Waals surface area contributed by atoms with E-state index in [1.807, 2.05) is 39.8 Å². The molecule has 12 nitrogen and oxygen atoms in total. The number of anilines is 1. The van der Waals surface area contributed by atoms with Crippen molar-refractivity contribution in [1.82, 2.24) is 20.3 Å². The Labute approximate surface area is 253 Å². The van der Waals surface area contributed by atoms with Gasteiger partial charge < -0.3 is 20.3 Å². The molecule has 3 aliphatic rings. The van der Waals surface area contributed by atoms with E-state index in [1.54, 1.807) is 24.3 Å². The fourth-order valence-electron chi connectivity index (χ4n) is 5.52. The van der Waals surface area contributed by atoms with Crippen molar-refractivity contribution in [3.63, 3.8) is 0 Å². The molecule has 1 saturated heterocycles. The number of hydrogen-bond donors (Lipinski definition) is 4. The van der Waals surface area contributed by atoms with Gasteiger partial charge in [-0.05, 0) is 84.8 Å². The number of hydrogen-bond acceptors (Lipinski definition) is 7. The van der Waals surface area contributed by atoms with E-state index in [1.165, 1.54) is 4.90 Å². The first-order valence-electron chi connectivity index (χ1n) is 14.9. The summed E-state index contributed by atoms with van der Waals surface area (Å²) >= 11 is 0. The number of nitrogens with one attached hydrogen (secondary N) is 4. The number of amides is 4. The van der Waals surface area contributed by atoms with Gasteiger partial charge in [-0.1, -0.05) is 36.3 Å². The van der Waals surface area contributed by atoms with E-state index in [9.17, 15) is 27.6 Å². The average Bonchev–Trinajstić information content (AvgIpc) is 3.36. The first-order valence-corrected chi connectivity index (χ1v) is 16.4. The van der Waals surface area contributed by atoms with Crippen LogP contribution in [0.5, 0.6) is 0 Å². The molecule has 1 aromatic rings. The Morgan fingerprint density at radius 2 is 1.77 bits per heavy atom. The molecule has 2 fully saturated rings. The minimum atomic E-state index is -4.29. The fraction of sp³-hybridized carbons (Fsp3) is 0.600. The van der Waals surface area contributed by atoms with E-state index in [0.717, 1.165) is 18.4 Å². The lowest BCUT2D eigenvalue weighted by Crippen LogP contribution is -2.57. The van der Waals surface area contributed by atoms with E-state index in [2.05, 4.69) is 20.1 Å². The van der Waals surface area contributed by atoms with Crippen LogP contribution in [0.3, 0.4) is 0 Å². The number of carbonyl (C=O) groups is 4. The minimum absolute atomic E-state index is 0.223. The van der Waals surface area contributed by atoms with Gasteiger partial charge in [0.1, 0.15) is 11.6 Å². The molecule has 0 aromatic heterocycles. The van der Waals surface area contributed by atoms with Gasteiger partial charge in [0, 0.05) is 18.0 Å². The highest BCUT2D eigenvalue weighted by Gasteiger charge is 2.61. The van der Waals surface area contributed by atoms with Crippen molar-refractivity contribution < 1.29 is 32.3 Å². The Kier molecular flexibility index (Phi) is 9.73. The van der Waals surface area contributed by atoms with Gasteiger partial charge in [0.15, 0.2) is 6.10 Å². The van der Waals surface area contributed by atoms with Gasteiger partial charge in [-0.25, -0.2) is 9.52 Å². The smallest absolute Gasteiger partial charge is 0.408 e. The van der Waals surface area contributed by atoms with Gasteiger partial charge >= 0.3 is 16.3 Å². The SMILES string of the molecule is Cc1ccc(NS(=O)(=O)NC(=O)[C@@]23C[C@H]2C=CCCCCC[C@H](OC(=O)NC(C)(C)C)C(=O)N2CCC[C@H]2C(=O)N3)cc1. The standard InChI is InChI=1S/C30H43N5O7S/c1-20-14-16-22(17-15-20)33-43(40,41)34-27(38)30-19-21(30)11-8-6-5-7-9-13-24(42-28(39)32-29(2,3)4)26(37)35-18-10-12-23(35)25(36)31-30/h8,11,14-17,21,23-24,33H,5-7,9-10,12-13,18-19H2,1-4H3,(H,31,36)(H,32,39)(H,34,38)/t21-,23+,24+,30-/m1/s1. The summed E-state index contributed by atoms with van der Waals surface area (Å²) in [5, 5.41) is 5.52. The Bertz CT molecular complexity index is 1360. The molecular formula is C30H43N5O7S. The van der Waals surface area contributed by atoms with Crippen LogP contribution < -0.4 is 20.1 Å². The van der Waals surface area contributed by atoms with Crippen LogP contribution >= 0.6 is 0 Å². The quantitative estimate of drug-likeness (QED) is 0.369. The van der Waals surface area contributed by atoms with E-state index in [-0.39, 0.29) is 12.1 Å². The summed E-state index contributed by atoms with van der Waals surface area (Å²) in [4.78, 5) is 54.8. The number of fused-ring (bicyclic) bond motifs is 2. The number of rotatable bonds is 5. The number of benzene rings is 1. The highest BCUT2D eigenvalue weighted by atomic mass is 32.2. The molecule has 4 atom stereocenters. The molecule has 1 saturated carbocycles. The number of nitrogens with zero attached hydrogens (tertiary/aromatic N) is 1. The zero-order chi connectivity index (χ0) is 31.4. The van der Waals surface area contributed by atoms with Crippen LogP contribution in [-0.4, -0.2) is 66.9 Å². The number of allylic oxidation sites excluding steroid dienone is 1. The minimum Gasteiger partial charge on any atom is -0.436 e. The van der Waals surface area contributed by atoms with Crippen molar-refractivity contribution in [2.45, 2.75) is 102 Å². The molecule has 2 aliphatic heterocycles. The molecule has 0 unspecified atom stereocenters. The van der Waals surface area contributed by atoms with Gasteiger partial charge in [0.25, 0.3) is 11.8 Å². The van der Waals surface area contributed by atoms with Crippen LogP contribution in [0.1, 0.15) is 77.7 Å². The number of carbonyl (C=O) groups excluding carboxylic acids is 4. The predicted molar refractivity (Wildman–Crippen MR) is 161 cm³/mol. The van der Waals surface area contributed by atoms with Gasteiger partial charge in [-0.15, -0.1) is 0 Å². The van der Waals surface area contributed by atoms with Crippen molar-refractivity contribution >= 4 is 39.7 Å². The van der Waals surface area contributed by atoms with Crippen LogP contribution in [0.15, 0.2) is 36.4 Å². The van der Waals surface area contributed by atoms with Crippen LogP contribution in [0.4, 0.5) is 10.5 Å². The van der Waals surface area contributed by atoms with Gasteiger partial charge in [0.05, 0.1) is 5.69 Å². The zero-order valence-corrected chi connectivity index (χ0v) is 26.1. The van der Waals surface area contributed by atoms with Gasteiger partial charge in [-0.2, -0.15) is 8.42 Å². The van der Waals surface area contributed by atoms with E-state index >= 15 is 0 Å². The summed E-state index contributed by atoms with van der Waals surface area (Å²) in [5.74, 6) is -2.26. The molecular weight excluding hydrogens is 574 g/mol. The lowest BCUT2D eigenvalue weighted by molar-refractivity contribution is -0.146. The summed E-state index contributed by atoms with van der Waals surface area (Å²) in [6.45, 7) is 7.59. The summed E-state index contributed by atoms with van der Waals surface area (Å²) in [6, 6.07) is 5.76. The third kappa shape index (κ3) is 8.49. The molecule has 13 heteroatoms. The molecule has 43 heavy (non-hydrogen) atoms. The van der Waals surface area contributed by atoms with Gasteiger partial charge in [-0.3, -0.25) is 19.1 Å². The third-order valence-corrected chi connectivity index (χ3v) is 8.80. The van der Waals surface area contributed by atoms with Crippen LogP contribution in [-0.2, 0) is 29.3 Å². The lowest BCUT2D eigenvalue weighted by Gasteiger charge is -2.30. The van der Waals surface area contributed by atoms with Crippen LogP contribution in [0.25, 0.3) is 0 Å². The molecule has 0 radical (unpaired) electrons. The summed E-state index contributed by atoms with van der Waals surface area (Å²) in [5.41, 5.74) is -0.798. The van der Waals surface area contributed by atoms with Crippen molar-refractivity contribution in [2.75, 3.05) is 11.3 Å². The Hall–Kier alpha value is -3.61. The zero-order valence-electron chi connectivity index (χ0n) is 25.3. The first kappa shape index (κ1) is 32.3.